The van der Waals surface area contributed by atoms with E-state index in [1.165, 1.54) is 19.3 Å². The quantitative estimate of drug-likeness (QED) is 0.402. The van der Waals surface area contributed by atoms with Gasteiger partial charge in [0.2, 0.25) is 5.95 Å². The van der Waals surface area contributed by atoms with Crippen LogP contribution in [0.2, 0.25) is 0 Å². The standard InChI is InChI=1S/C23H29N9O/c1-2-33-19-7-5-18(6-8-19)32-22-20(28-30-32)16-25-23(27-22)26-21-11-15-31(29-21)14-3-4-17-9-12-24-13-10-17/h5-8,11,15-17,24H,2-4,9-10,12-14H2,1H3,(H,25,26,27,29). The van der Waals surface area contributed by atoms with Gasteiger partial charge in [0.15, 0.2) is 17.0 Å². The maximum absolute atomic E-state index is 5.52. The summed E-state index contributed by atoms with van der Waals surface area (Å²) in [5.41, 5.74) is 2.10. The van der Waals surface area contributed by atoms with Gasteiger partial charge in [0.1, 0.15) is 5.75 Å². The number of aromatic nitrogens is 7. The second kappa shape index (κ2) is 9.95. The Kier molecular flexibility index (Phi) is 6.43. The fourth-order valence-corrected chi connectivity index (χ4v) is 4.19. The minimum absolute atomic E-state index is 0.456. The molecule has 4 aromatic rings. The Bertz CT molecular complexity index is 1180. The SMILES string of the molecule is CCOc1ccc(-n2nnc3cnc(Nc4ccn(CCCC5CCNCC5)n4)nc32)cc1. The number of nitrogens with one attached hydrogen (secondary N) is 2. The molecule has 1 aromatic carbocycles. The largest absolute Gasteiger partial charge is 0.494 e. The van der Waals surface area contributed by atoms with Crippen LogP contribution in [0.4, 0.5) is 11.8 Å². The molecule has 0 bridgehead atoms. The minimum Gasteiger partial charge on any atom is -0.494 e. The molecule has 0 saturated carbocycles. The predicted octanol–water partition coefficient (Wildman–Crippen LogP) is 3.33. The molecule has 3 aromatic heterocycles. The summed E-state index contributed by atoms with van der Waals surface area (Å²) in [5, 5.41) is 19.7. The minimum atomic E-state index is 0.456. The molecule has 1 fully saturated rings. The second-order valence-corrected chi connectivity index (χ2v) is 8.26. The number of hydrogen-bond donors (Lipinski definition) is 2. The molecule has 4 heterocycles. The van der Waals surface area contributed by atoms with Crippen LogP contribution >= 0.6 is 0 Å². The molecule has 10 heteroatoms. The number of benzene rings is 1. The van der Waals surface area contributed by atoms with Crippen molar-refractivity contribution in [3.05, 3.63) is 42.7 Å². The van der Waals surface area contributed by atoms with Gasteiger partial charge in [0, 0.05) is 18.8 Å². The fraction of sp³-hybridized carbons (Fsp3) is 0.435. The summed E-state index contributed by atoms with van der Waals surface area (Å²) >= 11 is 0. The van der Waals surface area contributed by atoms with Crippen LogP contribution in [-0.4, -0.2) is 54.4 Å². The Morgan fingerprint density at radius 2 is 2.00 bits per heavy atom. The zero-order chi connectivity index (χ0) is 22.5. The Labute approximate surface area is 192 Å². The van der Waals surface area contributed by atoms with Crippen molar-refractivity contribution in [2.45, 2.75) is 39.2 Å². The molecule has 0 aliphatic carbocycles. The summed E-state index contributed by atoms with van der Waals surface area (Å²) in [6.07, 6.45) is 8.63. The Morgan fingerprint density at radius 1 is 1.15 bits per heavy atom. The van der Waals surface area contributed by atoms with Crippen molar-refractivity contribution >= 4 is 22.9 Å². The number of rotatable bonds is 9. The van der Waals surface area contributed by atoms with Crippen LogP contribution in [0.25, 0.3) is 16.9 Å². The molecular formula is C23H29N9O. The first-order chi connectivity index (χ1) is 16.3. The van der Waals surface area contributed by atoms with Crippen LogP contribution in [0.15, 0.2) is 42.7 Å². The molecule has 33 heavy (non-hydrogen) atoms. The van der Waals surface area contributed by atoms with Gasteiger partial charge in [-0.05, 0) is 75.9 Å². The van der Waals surface area contributed by atoms with Gasteiger partial charge in [-0.25, -0.2) is 4.98 Å². The highest BCUT2D eigenvalue weighted by atomic mass is 16.5. The molecule has 0 unspecified atom stereocenters. The predicted molar refractivity (Wildman–Crippen MR) is 126 cm³/mol. The molecule has 1 saturated heterocycles. The number of hydrogen-bond acceptors (Lipinski definition) is 8. The van der Waals surface area contributed by atoms with E-state index in [1.54, 1.807) is 10.9 Å². The first-order valence-electron chi connectivity index (χ1n) is 11.6. The second-order valence-electron chi connectivity index (χ2n) is 8.26. The molecular weight excluding hydrogens is 418 g/mol. The van der Waals surface area contributed by atoms with E-state index in [2.05, 4.69) is 36.0 Å². The topological polar surface area (TPSA) is 108 Å². The van der Waals surface area contributed by atoms with Crippen molar-refractivity contribution in [3.63, 3.8) is 0 Å². The fourth-order valence-electron chi connectivity index (χ4n) is 4.19. The van der Waals surface area contributed by atoms with Crippen molar-refractivity contribution in [2.75, 3.05) is 25.0 Å². The monoisotopic (exact) mass is 447 g/mol. The first kappa shape index (κ1) is 21.3. The Morgan fingerprint density at radius 3 is 2.82 bits per heavy atom. The van der Waals surface area contributed by atoms with E-state index in [-0.39, 0.29) is 0 Å². The van der Waals surface area contributed by atoms with Crippen LogP contribution in [0, 0.1) is 5.92 Å². The van der Waals surface area contributed by atoms with Crippen LogP contribution in [-0.2, 0) is 6.54 Å². The van der Waals surface area contributed by atoms with E-state index in [0.29, 0.717) is 23.7 Å². The van der Waals surface area contributed by atoms with Crippen molar-refractivity contribution in [2.24, 2.45) is 5.92 Å². The van der Waals surface area contributed by atoms with E-state index in [1.807, 2.05) is 48.1 Å². The third-order valence-corrected chi connectivity index (χ3v) is 5.92. The molecule has 1 aliphatic heterocycles. The smallest absolute Gasteiger partial charge is 0.230 e. The van der Waals surface area contributed by atoms with Crippen molar-refractivity contribution in [1.82, 2.24) is 40.1 Å². The number of aryl methyl sites for hydroxylation is 1. The molecule has 1 aliphatic rings. The van der Waals surface area contributed by atoms with E-state index in [9.17, 15) is 0 Å². The van der Waals surface area contributed by atoms with Crippen LogP contribution in [0.1, 0.15) is 32.6 Å². The van der Waals surface area contributed by atoms with Crippen molar-refractivity contribution in [3.8, 4) is 11.4 Å². The van der Waals surface area contributed by atoms with Gasteiger partial charge in [-0.1, -0.05) is 5.21 Å². The third-order valence-electron chi connectivity index (χ3n) is 5.92. The van der Waals surface area contributed by atoms with Gasteiger partial charge in [-0.3, -0.25) is 4.68 Å². The van der Waals surface area contributed by atoms with Gasteiger partial charge in [-0.15, -0.1) is 5.10 Å². The average molecular weight is 448 g/mol. The van der Waals surface area contributed by atoms with Gasteiger partial charge >= 0.3 is 0 Å². The van der Waals surface area contributed by atoms with Crippen molar-refractivity contribution < 1.29 is 4.74 Å². The van der Waals surface area contributed by atoms with Gasteiger partial charge in [-0.2, -0.15) is 14.8 Å². The van der Waals surface area contributed by atoms with E-state index < -0.39 is 0 Å². The summed E-state index contributed by atoms with van der Waals surface area (Å²) in [5.74, 6) is 2.83. The normalized spacial score (nSPS) is 14.6. The first-order valence-corrected chi connectivity index (χ1v) is 11.6. The summed E-state index contributed by atoms with van der Waals surface area (Å²) in [6.45, 7) is 5.81. The van der Waals surface area contributed by atoms with E-state index >= 15 is 0 Å². The maximum Gasteiger partial charge on any atom is 0.230 e. The molecule has 0 amide bonds. The number of piperidine rings is 1. The average Bonchev–Trinajstić information content (AvgIpc) is 3.47. The van der Waals surface area contributed by atoms with Crippen LogP contribution < -0.4 is 15.4 Å². The zero-order valence-corrected chi connectivity index (χ0v) is 18.8. The molecule has 10 nitrogen and oxygen atoms in total. The summed E-state index contributed by atoms with van der Waals surface area (Å²) in [4.78, 5) is 8.99. The highest BCUT2D eigenvalue weighted by molar-refractivity contribution is 5.72. The summed E-state index contributed by atoms with van der Waals surface area (Å²) < 4.78 is 9.19. The highest BCUT2D eigenvalue weighted by Gasteiger charge is 2.13. The number of fused-ring (bicyclic) bond motifs is 1. The zero-order valence-electron chi connectivity index (χ0n) is 18.8. The van der Waals surface area contributed by atoms with Crippen molar-refractivity contribution in [1.29, 1.82) is 0 Å². The molecule has 2 N–H and O–H groups in total. The lowest BCUT2D eigenvalue weighted by Gasteiger charge is -2.22. The lowest BCUT2D eigenvalue weighted by atomic mass is 9.93. The summed E-state index contributed by atoms with van der Waals surface area (Å²) in [7, 11) is 0. The molecule has 5 rings (SSSR count). The van der Waals surface area contributed by atoms with E-state index in [0.717, 1.165) is 49.2 Å². The Hall–Kier alpha value is -3.53. The molecule has 0 atom stereocenters. The van der Waals surface area contributed by atoms with Crippen LogP contribution in [0.5, 0.6) is 5.75 Å². The highest BCUT2D eigenvalue weighted by Crippen LogP contribution is 2.20. The van der Waals surface area contributed by atoms with E-state index in [4.69, 9.17) is 4.74 Å². The lowest BCUT2D eigenvalue weighted by molar-refractivity contribution is 0.337. The molecule has 0 spiro atoms. The third kappa shape index (κ3) is 5.11. The number of nitrogens with zero attached hydrogens (tertiary/aromatic N) is 7. The Balaban J connectivity index is 1.24. The van der Waals surface area contributed by atoms with Gasteiger partial charge in [0.25, 0.3) is 0 Å². The number of anilines is 2. The maximum atomic E-state index is 5.52. The lowest BCUT2D eigenvalue weighted by Crippen LogP contribution is -2.27. The van der Waals surface area contributed by atoms with Gasteiger partial charge < -0.3 is 15.4 Å². The molecule has 0 radical (unpaired) electrons. The number of ether oxygens (including phenoxy) is 1. The van der Waals surface area contributed by atoms with Crippen LogP contribution in [0.3, 0.4) is 0 Å². The van der Waals surface area contributed by atoms with Gasteiger partial charge in [0.05, 0.1) is 18.5 Å². The summed E-state index contributed by atoms with van der Waals surface area (Å²) in [6, 6.07) is 9.62. The molecule has 172 valence electrons.